The van der Waals surface area contributed by atoms with Crippen molar-refractivity contribution in [3.63, 3.8) is 0 Å². The molecule has 0 aliphatic rings. The lowest BCUT2D eigenvalue weighted by Gasteiger charge is -2.08. The van der Waals surface area contributed by atoms with Gasteiger partial charge in [-0.3, -0.25) is 0 Å². The zero-order chi connectivity index (χ0) is 17.9. The summed E-state index contributed by atoms with van der Waals surface area (Å²) in [6, 6.07) is 0.697. The molecule has 0 bridgehead atoms. The molecule has 0 aliphatic carbocycles. The van der Waals surface area contributed by atoms with Crippen LogP contribution in [0.3, 0.4) is 0 Å². The first-order chi connectivity index (χ1) is 11.2. The largest absolute Gasteiger partial charge is 0.417 e. The molecule has 0 spiro atoms. The molecule has 0 atom stereocenters. The van der Waals surface area contributed by atoms with Crippen molar-refractivity contribution in [3.05, 3.63) is 41.1 Å². The molecule has 2 rings (SSSR count). The quantitative estimate of drug-likeness (QED) is 0.540. The van der Waals surface area contributed by atoms with Crippen molar-refractivity contribution in [1.82, 2.24) is 19.7 Å². The normalized spacial score (nSPS) is 11.6. The van der Waals surface area contributed by atoms with Gasteiger partial charge in [-0.2, -0.15) is 22.0 Å². The van der Waals surface area contributed by atoms with Crippen molar-refractivity contribution in [1.29, 1.82) is 0 Å². The van der Waals surface area contributed by atoms with Crippen molar-refractivity contribution < 1.29 is 26.3 Å². The molecule has 0 N–H and O–H groups in total. The van der Waals surface area contributed by atoms with E-state index >= 15 is 0 Å². The zero-order valence-corrected chi connectivity index (χ0v) is 13.1. The Kier molecular flexibility index (Phi) is 5.75. The number of pyridine rings is 1. The maximum absolute atomic E-state index is 12.6. The Morgan fingerprint density at radius 2 is 1.92 bits per heavy atom. The molecular formula is C12H7ClF6N4S. The Bertz CT molecular complexity index is 756. The van der Waals surface area contributed by atoms with Crippen molar-refractivity contribution in [2.24, 2.45) is 0 Å². The number of aromatic nitrogens is 4. The maximum atomic E-state index is 12.6. The highest BCUT2D eigenvalue weighted by molar-refractivity contribution is 7.99. The van der Waals surface area contributed by atoms with Gasteiger partial charge in [-0.1, -0.05) is 23.4 Å². The summed E-state index contributed by atoms with van der Waals surface area (Å²) in [4.78, 5) is 7.41. The van der Waals surface area contributed by atoms with Crippen LogP contribution in [0.2, 0.25) is 5.02 Å². The van der Waals surface area contributed by atoms with Gasteiger partial charge in [0.1, 0.15) is 6.33 Å². The minimum absolute atomic E-state index is 0.0403. The van der Waals surface area contributed by atoms with Gasteiger partial charge in [0.25, 0.3) is 0 Å². The molecule has 4 nitrogen and oxygen atoms in total. The first kappa shape index (κ1) is 18.6. The van der Waals surface area contributed by atoms with Crippen molar-refractivity contribution >= 4 is 23.4 Å². The van der Waals surface area contributed by atoms with Crippen LogP contribution in [-0.4, -0.2) is 25.5 Å². The van der Waals surface area contributed by atoms with Crippen LogP contribution < -0.4 is 0 Å². The number of halogens is 7. The van der Waals surface area contributed by atoms with Gasteiger partial charge in [-0.25, -0.2) is 19.0 Å². The number of rotatable bonds is 5. The van der Waals surface area contributed by atoms with Crippen LogP contribution >= 0.6 is 23.4 Å². The SMILES string of the molecule is FC(F)=C(F)CCSc1ncn(-c2ncc(C(F)(F)F)cc2Cl)n1. The second-order valence-corrected chi connectivity index (χ2v) is 5.73. The minimum Gasteiger partial charge on any atom is -0.235 e. The average Bonchev–Trinajstić information content (AvgIpc) is 2.94. The third-order valence-electron chi connectivity index (χ3n) is 2.59. The maximum Gasteiger partial charge on any atom is 0.417 e. The summed E-state index contributed by atoms with van der Waals surface area (Å²) in [6.45, 7) is 0. The molecule has 0 unspecified atom stereocenters. The summed E-state index contributed by atoms with van der Waals surface area (Å²) in [7, 11) is 0. The Hall–Kier alpha value is -1.75. The molecule has 2 aromatic rings. The lowest BCUT2D eigenvalue weighted by atomic mass is 10.3. The second kappa shape index (κ2) is 7.43. The standard InChI is InChI=1S/C12H7ClF6N4S/c13-7-3-6(12(17,18)19)4-20-10(7)23-5-21-11(22-23)24-2-1-8(14)9(15)16/h3-5H,1-2H2. The highest BCUT2D eigenvalue weighted by atomic mass is 35.5. The number of allylic oxidation sites excluding steroid dienone is 1. The zero-order valence-electron chi connectivity index (χ0n) is 11.5. The summed E-state index contributed by atoms with van der Waals surface area (Å²) in [5.41, 5.74) is -1.01. The molecular weight excluding hydrogens is 382 g/mol. The van der Waals surface area contributed by atoms with E-state index in [0.717, 1.165) is 22.8 Å². The Morgan fingerprint density at radius 3 is 2.50 bits per heavy atom. The van der Waals surface area contributed by atoms with Crippen LogP contribution in [0, 0.1) is 0 Å². The van der Waals surface area contributed by atoms with E-state index in [1.54, 1.807) is 0 Å². The molecule has 2 aromatic heterocycles. The van der Waals surface area contributed by atoms with Gasteiger partial charge in [0.15, 0.2) is 11.6 Å². The summed E-state index contributed by atoms with van der Waals surface area (Å²) >= 11 is 6.66. The van der Waals surface area contributed by atoms with E-state index in [2.05, 4.69) is 15.1 Å². The first-order valence-electron chi connectivity index (χ1n) is 6.15. The highest BCUT2D eigenvalue weighted by Crippen LogP contribution is 2.32. The minimum atomic E-state index is -4.58. The molecule has 0 aliphatic heterocycles. The van der Waals surface area contributed by atoms with Gasteiger partial charge in [0, 0.05) is 18.4 Å². The van der Waals surface area contributed by atoms with Crippen LogP contribution in [0.4, 0.5) is 26.3 Å². The molecule has 0 fully saturated rings. The highest BCUT2D eigenvalue weighted by Gasteiger charge is 2.31. The summed E-state index contributed by atoms with van der Waals surface area (Å²) < 4.78 is 75.1. The molecule has 2 heterocycles. The topological polar surface area (TPSA) is 43.6 Å². The molecule has 0 amide bonds. The summed E-state index contributed by atoms with van der Waals surface area (Å²) in [6.07, 6.45) is -5.72. The number of nitrogens with zero attached hydrogens (tertiary/aromatic N) is 4. The van der Waals surface area contributed by atoms with E-state index in [1.165, 1.54) is 0 Å². The summed E-state index contributed by atoms with van der Waals surface area (Å²) in [5, 5.41) is 3.71. The van der Waals surface area contributed by atoms with E-state index in [-0.39, 0.29) is 21.7 Å². The van der Waals surface area contributed by atoms with Crippen LogP contribution in [0.1, 0.15) is 12.0 Å². The lowest BCUT2D eigenvalue weighted by molar-refractivity contribution is -0.137. The van der Waals surface area contributed by atoms with E-state index in [9.17, 15) is 26.3 Å². The Balaban J connectivity index is 2.09. The van der Waals surface area contributed by atoms with Gasteiger partial charge in [-0.15, -0.1) is 5.10 Å². The van der Waals surface area contributed by atoms with Crippen molar-refractivity contribution in [3.8, 4) is 5.82 Å². The van der Waals surface area contributed by atoms with Gasteiger partial charge < -0.3 is 0 Å². The van der Waals surface area contributed by atoms with E-state index in [0.29, 0.717) is 12.3 Å². The molecule has 130 valence electrons. The van der Waals surface area contributed by atoms with E-state index in [1.807, 2.05) is 0 Å². The number of alkyl halides is 3. The smallest absolute Gasteiger partial charge is 0.235 e. The molecule has 0 saturated carbocycles. The molecule has 12 heteroatoms. The van der Waals surface area contributed by atoms with Crippen LogP contribution in [0.5, 0.6) is 0 Å². The molecule has 0 saturated heterocycles. The monoisotopic (exact) mass is 388 g/mol. The average molecular weight is 389 g/mol. The van der Waals surface area contributed by atoms with Crippen LogP contribution in [0.15, 0.2) is 35.7 Å². The molecule has 0 radical (unpaired) electrons. The van der Waals surface area contributed by atoms with E-state index in [4.69, 9.17) is 11.6 Å². The van der Waals surface area contributed by atoms with Crippen LogP contribution in [0.25, 0.3) is 5.82 Å². The fraction of sp³-hybridized carbons (Fsp3) is 0.250. The number of hydrogen-bond donors (Lipinski definition) is 0. The van der Waals surface area contributed by atoms with Gasteiger partial charge in [0.05, 0.1) is 10.6 Å². The molecule has 24 heavy (non-hydrogen) atoms. The Morgan fingerprint density at radius 1 is 1.21 bits per heavy atom. The summed E-state index contributed by atoms with van der Waals surface area (Å²) in [5.74, 6) is -1.64. The van der Waals surface area contributed by atoms with E-state index < -0.39 is 30.1 Å². The van der Waals surface area contributed by atoms with Gasteiger partial charge in [-0.05, 0) is 6.07 Å². The van der Waals surface area contributed by atoms with Gasteiger partial charge in [0.2, 0.25) is 5.16 Å². The first-order valence-corrected chi connectivity index (χ1v) is 7.52. The predicted molar refractivity (Wildman–Crippen MR) is 74.9 cm³/mol. The number of thioether (sulfide) groups is 1. The third-order valence-corrected chi connectivity index (χ3v) is 3.73. The van der Waals surface area contributed by atoms with Gasteiger partial charge >= 0.3 is 12.3 Å². The lowest BCUT2D eigenvalue weighted by Crippen LogP contribution is -2.08. The molecule has 0 aromatic carbocycles. The van der Waals surface area contributed by atoms with Crippen LogP contribution in [-0.2, 0) is 6.18 Å². The predicted octanol–water partition coefficient (Wildman–Crippen LogP) is 4.89. The van der Waals surface area contributed by atoms with Crippen molar-refractivity contribution in [2.75, 3.05) is 5.75 Å². The fourth-order valence-corrected chi connectivity index (χ4v) is 2.48. The third kappa shape index (κ3) is 4.63. The Labute approximate surface area is 140 Å². The van der Waals surface area contributed by atoms with Crippen molar-refractivity contribution in [2.45, 2.75) is 17.8 Å². The number of hydrogen-bond acceptors (Lipinski definition) is 4. The fourth-order valence-electron chi connectivity index (χ4n) is 1.50. The second-order valence-electron chi connectivity index (χ2n) is 4.26.